The van der Waals surface area contributed by atoms with Crippen molar-refractivity contribution in [1.29, 1.82) is 0 Å². The van der Waals surface area contributed by atoms with Crippen LogP contribution in [0, 0.1) is 0 Å². The van der Waals surface area contributed by atoms with Crippen LogP contribution < -0.4 is 15.1 Å². The molecule has 1 aromatic heterocycles. The number of fused-ring (bicyclic) bond motifs is 1. The van der Waals surface area contributed by atoms with Crippen molar-refractivity contribution in [1.82, 2.24) is 0 Å². The van der Waals surface area contributed by atoms with E-state index in [4.69, 9.17) is 13.9 Å². The quantitative estimate of drug-likeness (QED) is 0.764. The van der Waals surface area contributed by atoms with E-state index < -0.39 is 11.4 Å². The smallest absolute Gasteiger partial charge is 0.336 e. The first-order valence-electron chi connectivity index (χ1n) is 4.70. The summed E-state index contributed by atoms with van der Waals surface area (Å²) in [5.41, 5.74) is -0.716. The maximum absolute atomic E-state index is 11.1. The molecule has 1 aromatic carbocycles. The van der Waals surface area contributed by atoms with Crippen LogP contribution in [0.3, 0.4) is 0 Å². The Kier molecular flexibility index (Phi) is 2.55. The molecule has 0 aliphatic heterocycles. The van der Waals surface area contributed by atoms with Gasteiger partial charge in [0.2, 0.25) is 17.2 Å². The third kappa shape index (κ3) is 1.54. The third-order valence-corrected chi connectivity index (χ3v) is 2.35. The lowest BCUT2D eigenvalue weighted by Gasteiger charge is -2.12. The SMILES string of the molecule is COc1c(O)c(OC)c2ccc(=O)oc2c1O. The maximum Gasteiger partial charge on any atom is 0.336 e. The van der Waals surface area contributed by atoms with Gasteiger partial charge in [-0.25, -0.2) is 4.79 Å². The van der Waals surface area contributed by atoms with E-state index in [0.29, 0.717) is 0 Å². The zero-order valence-electron chi connectivity index (χ0n) is 9.18. The van der Waals surface area contributed by atoms with Gasteiger partial charge in [-0.2, -0.15) is 0 Å². The molecule has 2 rings (SSSR count). The highest BCUT2D eigenvalue weighted by Crippen LogP contribution is 2.49. The van der Waals surface area contributed by atoms with Crippen molar-refractivity contribution in [3.8, 4) is 23.0 Å². The number of methoxy groups -OCH3 is 2. The van der Waals surface area contributed by atoms with Crippen LogP contribution in [0.1, 0.15) is 0 Å². The Morgan fingerprint density at radius 1 is 1.06 bits per heavy atom. The lowest BCUT2D eigenvalue weighted by molar-refractivity contribution is 0.323. The molecule has 0 fully saturated rings. The molecule has 17 heavy (non-hydrogen) atoms. The van der Waals surface area contributed by atoms with Gasteiger partial charge in [-0.1, -0.05) is 0 Å². The summed E-state index contributed by atoms with van der Waals surface area (Å²) in [6.45, 7) is 0. The molecule has 0 radical (unpaired) electrons. The van der Waals surface area contributed by atoms with Crippen molar-refractivity contribution >= 4 is 11.0 Å². The minimum atomic E-state index is -0.623. The van der Waals surface area contributed by atoms with Crippen LogP contribution in [-0.4, -0.2) is 24.4 Å². The van der Waals surface area contributed by atoms with E-state index in [9.17, 15) is 15.0 Å². The molecule has 0 bridgehead atoms. The first-order chi connectivity index (χ1) is 8.10. The number of ether oxygens (including phenoxy) is 2. The van der Waals surface area contributed by atoms with Crippen molar-refractivity contribution in [2.45, 2.75) is 0 Å². The number of aromatic hydroxyl groups is 2. The van der Waals surface area contributed by atoms with Crippen molar-refractivity contribution in [3.63, 3.8) is 0 Å². The summed E-state index contributed by atoms with van der Waals surface area (Å²) in [7, 11) is 2.61. The van der Waals surface area contributed by atoms with Crippen molar-refractivity contribution in [2.24, 2.45) is 0 Å². The second-order valence-electron chi connectivity index (χ2n) is 3.26. The van der Waals surface area contributed by atoms with Crippen LogP contribution in [0.2, 0.25) is 0 Å². The summed E-state index contributed by atoms with van der Waals surface area (Å²) >= 11 is 0. The van der Waals surface area contributed by atoms with Gasteiger partial charge in [0.25, 0.3) is 0 Å². The fraction of sp³-hybridized carbons (Fsp3) is 0.182. The molecule has 0 saturated heterocycles. The lowest BCUT2D eigenvalue weighted by atomic mass is 10.1. The zero-order valence-corrected chi connectivity index (χ0v) is 9.18. The van der Waals surface area contributed by atoms with Crippen LogP contribution in [-0.2, 0) is 0 Å². The van der Waals surface area contributed by atoms with Crippen molar-refractivity contribution in [2.75, 3.05) is 14.2 Å². The van der Waals surface area contributed by atoms with Gasteiger partial charge in [-0.3, -0.25) is 0 Å². The summed E-state index contributed by atoms with van der Waals surface area (Å²) in [5, 5.41) is 19.9. The van der Waals surface area contributed by atoms with Gasteiger partial charge in [0.1, 0.15) is 0 Å². The summed E-state index contributed by atoms with van der Waals surface area (Å²) < 4.78 is 14.7. The highest BCUT2D eigenvalue weighted by molar-refractivity contribution is 5.94. The highest BCUT2D eigenvalue weighted by atomic mass is 16.5. The largest absolute Gasteiger partial charge is 0.502 e. The number of hydrogen-bond donors (Lipinski definition) is 2. The molecule has 2 aromatic rings. The predicted molar refractivity (Wildman–Crippen MR) is 58.9 cm³/mol. The molecule has 90 valence electrons. The third-order valence-electron chi connectivity index (χ3n) is 2.35. The van der Waals surface area contributed by atoms with Crippen LogP contribution in [0.25, 0.3) is 11.0 Å². The van der Waals surface area contributed by atoms with Crippen LogP contribution in [0.15, 0.2) is 21.3 Å². The highest BCUT2D eigenvalue weighted by Gasteiger charge is 2.22. The van der Waals surface area contributed by atoms with Gasteiger partial charge in [0.05, 0.1) is 19.6 Å². The Balaban J connectivity index is 3.00. The average Bonchev–Trinajstić information content (AvgIpc) is 2.31. The van der Waals surface area contributed by atoms with Gasteiger partial charge in [-0.15, -0.1) is 0 Å². The first-order valence-corrected chi connectivity index (χ1v) is 4.70. The van der Waals surface area contributed by atoms with E-state index in [0.717, 1.165) is 6.07 Å². The number of phenols is 2. The molecule has 6 nitrogen and oxygen atoms in total. The normalized spacial score (nSPS) is 10.5. The molecule has 0 unspecified atom stereocenters. The van der Waals surface area contributed by atoms with E-state index in [1.165, 1.54) is 20.3 Å². The Hall–Kier alpha value is -2.37. The Labute approximate surface area is 95.6 Å². The topological polar surface area (TPSA) is 89.1 Å². The fourth-order valence-electron chi connectivity index (χ4n) is 1.62. The Morgan fingerprint density at radius 3 is 2.29 bits per heavy atom. The number of rotatable bonds is 2. The van der Waals surface area contributed by atoms with Gasteiger partial charge in [0.15, 0.2) is 11.3 Å². The molecular weight excluding hydrogens is 228 g/mol. The monoisotopic (exact) mass is 238 g/mol. The minimum Gasteiger partial charge on any atom is -0.502 e. The molecular formula is C11H10O6. The standard InChI is InChI=1S/C11H10O6/c1-15-9-5-3-4-6(12)17-10(5)8(14)11(16-2)7(9)13/h3-4,13-14H,1-2H3. The number of phenolic OH excluding ortho intramolecular Hbond substituents is 2. The van der Waals surface area contributed by atoms with Gasteiger partial charge >= 0.3 is 5.63 Å². The molecule has 0 amide bonds. The molecule has 0 spiro atoms. The zero-order chi connectivity index (χ0) is 12.6. The molecule has 6 heteroatoms. The second kappa shape index (κ2) is 3.89. The van der Waals surface area contributed by atoms with E-state index >= 15 is 0 Å². The lowest BCUT2D eigenvalue weighted by Crippen LogP contribution is -1.98. The van der Waals surface area contributed by atoms with E-state index in [2.05, 4.69) is 0 Å². The summed E-state index contributed by atoms with van der Waals surface area (Å²) in [5.74, 6) is -0.936. The van der Waals surface area contributed by atoms with E-state index in [1.807, 2.05) is 0 Å². The molecule has 0 atom stereocenters. The number of benzene rings is 1. The number of hydrogen-bond acceptors (Lipinski definition) is 6. The second-order valence-corrected chi connectivity index (χ2v) is 3.26. The summed E-state index contributed by atoms with van der Waals surface area (Å²) in [4.78, 5) is 11.1. The van der Waals surface area contributed by atoms with Crippen LogP contribution in [0.4, 0.5) is 0 Å². The minimum absolute atomic E-state index is 0.0680. The predicted octanol–water partition coefficient (Wildman–Crippen LogP) is 1.22. The maximum atomic E-state index is 11.1. The van der Waals surface area contributed by atoms with Crippen LogP contribution >= 0.6 is 0 Å². The van der Waals surface area contributed by atoms with Gasteiger partial charge < -0.3 is 24.1 Å². The molecule has 0 aliphatic carbocycles. The fourth-order valence-corrected chi connectivity index (χ4v) is 1.62. The molecule has 1 heterocycles. The van der Waals surface area contributed by atoms with Gasteiger partial charge in [-0.05, 0) is 6.07 Å². The Morgan fingerprint density at radius 2 is 1.71 bits per heavy atom. The Bertz CT molecular complexity index is 628. The molecule has 0 saturated carbocycles. The van der Waals surface area contributed by atoms with E-state index in [1.54, 1.807) is 0 Å². The molecule has 0 aliphatic rings. The van der Waals surface area contributed by atoms with Crippen molar-refractivity contribution in [3.05, 3.63) is 22.6 Å². The van der Waals surface area contributed by atoms with Crippen molar-refractivity contribution < 1.29 is 24.1 Å². The summed E-state index contributed by atoms with van der Waals surface area (Å²) in [6, 6.07) is 2.55. The average molecular weight is 238 g/mol. The van der Waals surface area contributed by atoms with Gasteiger partial charge in [0, 0.05) is 6.07 Å². The summed E-state index contributed by atoms with van der Waals surface area (Å²) in [6.07, 6.45) is 0. The van der Waals surface area contributed by atoms with Crippen LogP contribution in [0.5, 0.6) is 23.0 Å². The first kappa shape index (κ1) is 11.1. The van der Waals surface area contributed by atoms with E-state index in [-0.39, 0.29) is 28.2 Å². The molecule has 2 N–H and O–H groups in total.